The highest BCUT2D eigenvalue weighted by atomic mass is 79.9. The van der Waals surface area contributed by atoms with Gasteiger partial charge in [-0.15, -0.1) is 0 Å². The summed E-state index contributed by atoms with van der Waals surface area (Å²) < 4.78 is 6.08. The molecule has 1 amide bonds. The lowest BCUT2D eigenvalue weighted by Crippen LogP contribution is -2.48. The number of non-ortho nitro benzene ring substituents is 1. The highest BCUT2D eigenvalue weighted by molar-refractivity contribution is 9.10. The summed E-state index contributed by atoms with van der Waals surface area (Å²) in [5.74, 6) is 0.00131. The Morgan fingerprint density at radius 2 is 2.14 bits per heavy atom. The van der Waals surface area contributed by atoms with Crippen LogP contribution in [0.2, 0.25) is 0 Å². The molecule has 0 bridgehead atoms. The summed E-state index contributed by atoms with van der Waals surface area (Å²) in [7, 11) is 0. The molecule has 0 aliphatic heterocycles. The topological polar surface area (TPSA) is 81.5 Å². The number of hydrogen-bond donors (Lipinski definition) is 1. The third kappa shape index (κ3) is 5.00. The molecule has 0 fully saturated rings. The van der Waals surface area contributed by atoms with Crippen LogP contribution in [0.4, 0.5) is 5.69 Å². The zero-order valence-electron chi connectivity index (χ0n) is 12.5. The maximum atomic E-state index is 12.1. The molecule has 0 aromatic heterocycles. The molecule has 6 nitrogen and oxygen atoms in total. The van der Waals surface area contributed by atoms with E-state index in [9.17, 15) is 14.9 Å². The molecule has 0 radical (unpaired) electrons. The van der Waals surface area contributed by atoms with Crippen LogP contribution < -0.4 is 10.1 Å². The number of carbonyl (C=O) groups excluding carboxylic acids is 1. The first-order chi connectivity index (χ1) is 9.66. The highest BCUT2D eigenvalue weighted by Crippen LogP contribution is 2.30. The van der Waals surface area contributed by atoms with Gasteiger partial charge in [0.25, 0.3) is 11.6 Å². The van der Waals surface area contributed by atoms with Crippen molar-refractivity contribution in [3.05, 3.63) is 32.8 Å². The molecule has 0 aliphatic carbocycles. The van der Waals surface area contributed by atoms with Crippen LogP contribution in [0.5, 0.6) is 5.75 Å². The van der Waals surface area contributed by atoms with Crippen molar-refractivity contribution in [3.63, 3.8) is 0 Å². The Kier molecular flexibility index (Phi) is 5.71. The summed E-state index contributed by atoms with van der Waals surface area (Å²) in [4.78, 5) is 22.3. The van der Waals surface area contributed by atoms with Gasteiger partial charge in [0, 0.05) is 11.6 Å². The lowest BCUT2D eigenvalue weighted by molar-refractivity contribution is -0.385. The summed E-state index contributed by atoms with van der Waals surface area (Å²) in [6, 6.07) is 4.18. The first kappa shape index (κ1) is 17.4. The Labute approximate surface area is 132 Å². The van der Waals surface area contributed by atoms with Gasteiger partial charge in [-0.2, -0.15) is 0 Å². The fraction of sp³-hybridized carbons (Fsp3) is 0.500. The quantitative estimate of drug-likeness (QED) is 0.623. The van der Waals surface area contributed by atoms with Crippen LogP contribution in [0.15, 0.2) is 22.7 Å². The van der Waals surface area contributed by atoms with Gasteiger partial charge >= 0.3 is 0 Å². The Bertz CT molecular complexity index is 546. The maximum Gasteiger partial charge on any atom is 0.273 e. The predicted molar refractivity (Wildman–Crippen MR) is 83.4 cm³/mol. The Morgan fingerprint density at radius 1 is 1.52 bits per heavy atom. The van der Waals surface area contributed by atoms with Crippen LogP contribution >= 0.6 is 15.9 Å². The maximum absolute atomic E-state index is 12.1. The Hall–Kier alpha value is -1.63. The molecule has 7 heteroatoms. The van der Waals surface area contributed by atoms with E-state index >= 15 is 0 Å². The van der Waals surface area contributed by atoms with Gasteiger partial charge in [-0.25, -0.2) is 0 Å². The van der Waals surface area contributed by atoms with Gasteiger partial charge in [0.2, 0.25) is 0 Å². The SMILES string of the molecule is CCC(C)(C)NC(=O)C(C)Oc1cc([N+](=O)[O-])ccc1Br. The minimum Gasteiger partial charge on any atom is -0.479 e. The third-order valence-corrected chi connectivity index (χ3v) is 3.80. The van der Waals surface area contributed by atoms with Crippen LogP contribution in [-0.4, -0.2) is 22.5 Å². The van der Waals surface area contributed by atoms with E-state index < -0.39 is 11.0 Å². The van der Waals surface area contributed by atoms with Crippen LogP contribution in [0.3, 0.4) is 0 Å². The van der Waals surface area contributed by atoms with Crippen LogP contribution in [0, 0.1) is 10.1 Å². The van der Waals surface area contributed by atoms with E-state index in [1.54, 1.807) is 6.92 Å². The van der Waals surface area contributed by atoms with Crippen LogP contribution in [0.1, 0.15) is 34.1 Å². The van der Waals surface area contributed by atoms with Crippen LogP contribution in [-0.2, 0) is 4.79 Å². The molecule has 21 heavy (non-hydrogen) atoms. The molecule has 1 atom stereocenters. The van der Waals surface area contributed by atoms with Crippen LogP contribution in [0.25, 0.3) is 0 Å². The fourth-order valence-corrected chi connectivity index (χ4v) is 1.80. The number of nitro groups is 1. The van der Waals surface area contributed by atoms with Crippen molar-refractivity contribution in [2.24, 2.45) is 0 Å². The van der Waals surface area contributed by atoms with Crippen molar-refractivity contribution in [3.8, 4) is 5.75 Å². The number of amides is 1. The van der Waals surface area contributed by atoms with E-state index in [1.165, 1.54) is 18.2 Å². The average molecular weight is 359 g/mol. The summed E-state index contributed by atoms with van der Waals surface area (Å²) >= 11 is 3.25. The number of nitrogens with one attached hydrogen (secondary N) is 1. The van der Waals surface area contributed by atoms with Crippen molar-refractivity contribution in [2.75, 3.05) is 0 Å². The number of ether oxygens (including phenoxy) is 1. The molecule has 0 saturated heterocycles. The molecule has 116 valence electrons. The second-order valence-electron chi connectivity index (χ2n) is 5.36. The van der Waals surface area contributed by atoms with E-state index in [0.29, 0.717) is 4.47 Å². The molecule has 0 spiro atoms. The van der Waals surface area contributed by atoms with Crippen molar-refractivity contribution >= 4 is 27.5 Å². The van der Waals surface area contributed by atoms with Crippen molar-refractivity contribution in [1.29, 1.82) is 0 Å². The van der Waals surface area contributed by atoms with Crippen molar-refractivity contribution in [2.45, 2.75) is 45.8 Å². The van der Waals surface area contributed by atoms with E-state index in [0.717, 1.165) is 6.42 Å². The number of halogens is 1. The Balaban J connectivity index is 2.83. The molecule has 1 aromatic rings. The smallest absolute Gasteiger partial charge is 0.273 e. The van der Waals surface area contributed by atoms with Gasteiger partial charge < -0.3 is 10.1 Å². The monoisotopic (exact) mass is 358 g/mol. The summed E-state index contributed by atoms with van der Waals surface area (Å²) in [5.41, 5.74) is -0.413. The summed E-state index contributed by atoms with van der Waals surface area (Å²) in [5, 5.41) is 13.6. The fourth-order valence-electron chi connectivity index (χ4n) is 1.46. The normalized spacial score (nSPS) is 12.6. The van der Waals surface area contributed by atoms with Gasteiger partial charge in [-0.1, -0.05) is 6.92 Å². The van der Waals surface area contributed by atoms with E-state index in [2.05, 4.69) is 21.2 Å². The van der Waals surface area contributed by atoms with Gasteiger partial charge in [0.05, 0.1) is 15.5 Å². The molecule has 0 saturated carbocycles. The molecular weight excluding hydrogens is 340 g/mol. The number of rotatable bonds is 6. The molecule has 1 N–H and O–H groups in total. The molecule has 0 aliphatic rings. The second kappa shape index (κ2) is 6.89. The molecular formula is C14H19BrN2O4. The Morgan fingerprint density at radius 3 is 2.67 bits per heavy atom. The molecule has 1 aromatic carbocycles. The molecule has 1 rings (SSSR count). The minimum absolute atomic E-state index is 0.0882. The van der Waals surface area contributed by atoms with Crippen molar-refractivity contribution < 1.29 is 14.5 Å². The zero-order chi connectivity index (χ0) is 16.2. The number of carbonyl (C=O) groups is 1. The number of nitro benzene ring substituents is 1. The number of nitrogens with zero attached hydrogens (tertiary/aromatic N) is 1. The lowest BCUT2D eigenvalue weighted by atomic mass is 10.0. The first-order valence-electron chi connectivity index (χ1n) is 6.59. The number of benzene rings is 1. The summed E-state index contributed by atoms with van der Waals surface area (Å²) in [6.07, 6.45) is 0.0283. The standard InChI is InChI=1S/C14H19BrN2O4/c1-5-14(3,4)16-13(18)9(2)21-12-8-10(17(19)20)6-7-11(12)15/h6-9H,5H2,1-4H3,(H,16,18). The highest BCUT2D eigenvalue weighted by Gasteiger charge is 2.24. The van der Waals surface area contributed by atoms with Gasteiger partial charge in [0.15, 0.2) is 6.10 Å². The second-order valence-corrected chi connectivity index (χ2v) is 6.21. The summed E-state index contributed by atoms with van der Waals surface area (Å²) in [6.45, 7) is 7.41. The predicted octanol–water partition coefficient (Wildman–Crippen LogP) is 3.43. The molecule has 0 heterocycles. The minimum atomic E-state index is -0.755. The largest absolute Gasteiger partial charge is 0.479 e. The number of hydrogen-bond acceptors (Lipinski definition) is 4. The van der Waals surface area contributed by atoms with Crippen molar-refractivity contribution in [1.82, 2.24) is 5.32 Å². The lowest BCUT2D eigenvalue weighted by Gasteiger charge is -2.26. The van der Waals surface area contributed by atoms with E-state index in [1.807, 2.05) is 20.8 Å². The van der Waals surface area contributed by atoms with Gasteiger partial charge in [-0.3, -0.25) is 14.9 Å². The van der Waals surface area contributed by atoms with E-state index in [4.69, 9.17) is 4.74 Å². The third-order valence-electron chi connectivity index (χ3n) is 3.14. The molecule has 1 unspecified atom stereocenters. The van der Waals surface area contributed by atoms with Gasteiger partial charge in [-0.05, 0) is 49.2 Å². The van der Waals surface area contributed by atoms with Gasteiger partial charge in [0.1, 0.15) is 5.75 Å². The average Bonchev–Trinajstić information content (AvgIpc) is 2.40. The zero-order valence-corrected chi connectivity index (χ0v) is 14.1. The van der Waals surface area contributed by atoms with E-state index in [-0.39, 0.29) is 22.9 Å². The first-order valence-corrected chi connectivity index (χ1v) is 7.38.